The van der Waals surface area contributed by atoms with Crippen LogP contribution in [0.25, 0.3) is 0 Å². The molecule has 8 nitrogen and oxygen atoms in total. The van der Waals surface area contributed by atoms with Crippen molar-refractivity contribution in [3.8, 4) is 0 Å². The van der Waals surface area contributed by atoms with Crippen LogP contribution in [-0.4, -0.2) is 63.3 Å². The fraction of sp³-hybridized carbons (Fsp3) is 0.483. The lowest BCUT2D eigenvalue weighted by Gasteiger charge is -2.33. The van der Waals surface area contributed by atoms with Crippen LogP contribution in [-0.2, 0) is 27.3 Å². The van der Waals surface area contributed by atoms with Gasteiger partial charge in [0.25, 0.3) is 5.91 Å². The fourth-order valence-electron chi connectivity index (χ4n) is 4.45. The number of aliphatic hydroxyl groups excluding tert-OH is 1. The van der Waals surface area contributed by atoms with E-state index in [0.717, 1.165) is 29.5 Å². The maximum atomic E-state index is 13.6. The van der Waals surface area contributed by atoms with Gasteiger partial charge in [-0.15, -0.1) is 11.8 Å². The van der Waals surface area contributed by atoms with Crippen LogP contribution in [0.5, 0.6) is 0 Å². The van der Waals surface area contributed by atoms with Gasteiger partial charge in [-0.3, -0.25) is 9.59 Å². The van der Waals surface area contributed by atoms with Crippen molar-refractivity contribution >= 4 is 29.7 Å². The third-order valence-corrected chi connectivity index (χ3v) is 8.13. The molecule has 1 unspecified atom stereocenters. The van der Waals surface area contributed by atoms with E-state index in [4.69, 9.17) is 4.74 Å². The van der Waals surface area contributed by atoms with E-state index in [0.29, 0.717) is 6.54 Å². The van der Waals surface area contributed by atoms with Crippen molar-refractivity contribution < 1.29 is 24.2 Å². The van der Waals surface area contributed by atoms with Crippen LogP contribution in [0.2, 0.25) is 0 Å². The van der Waals surface area contributed by atoms with E-state index in [1.54, 1.807) is 0 Å². The van der Waals surface area contributed by atoms with Crippen molar-refractivity contribution in [1.82, 2.24) is 15.5 Å². The highest BCUT2D eigenvalue weighted by molar-refractivity contribution is 8.00. The van der Waals surface area contributed by atoms with Crippen molar-refractivity contribution in [2.24, 2.45) is 0 Å². The van der Waals surface area contributed by atoms with Crippen LogP contribution in [0.3, 0.4) is 0 Å². The van der Waals surface area contributed by atoms with E-state index in [9.17, 15) is 19.5 Å². The van der Waals surface area contributed by atoms with Crippen LogP contribution < -0.4 is 10.6 Å². The highest BCUT2D eigenvalue weighted by Crippen LogP contribution is 2.40. The van der Waals surface area contributed by atoms with Crippen LogP contribution in [0.4, 0.5) is 4.79 Å². The first-order chi connectivity index (χ1) is 18.1. The Kier molecular flexibility index (Phi) is 10.6. The summed E-state index contributed by atoms with van der Waals surface area (Å²) in [5.74, 6) is -0.631. The Morgan fingerprint density at radius 2 is 1.82 bits per heavy atom. The summed E-state index contributed by atoms with van der Waals surface area (Å²) in [6.45, 7) is 8.40. The van der Waals surface area contributed by atoms with E-state index in [-0.39, 0.29) is 24.8 Å². The number of hydrogen-bond acceptors (Lipinski definition) is 6. The molecular formula is C29H39N3O5S. The summed E-state index contributed by atoms with van der Waals surface area (Å²) in [6.07, 6.45) is -0.426. The Morgan fingerprint density at radius 1 is 1.13 bits per heavy atom. The van der Waals surface area contributed by atoms with Gasteiger partial charge in [-0.25, -0.2) is 4.79 Å². The number of ether oxygens (including phenoxy) is 1. The largest absolute Gasteiger partial charge is 0.450 e. The lowest BCUT2D eigenvalue weighted by Crippen LogP contribution is -2.58. The van der Waals surface area contributed by atoms with Gasteiger partial charge in [0.15, 0.2) is 6.10 Å². The molecule has 1 fully saturated rings. The van der Waals surface area contributed by atoms with Gasteiger partial charge >= 0.3 is 6.09 Å². The van der Waals surface area contributed by atoms with Gasteiger partial charge in [0.1, 0.15) is 6.04 Å². The number of aryl methyl sites for hydroxylation is 1. The first-order valence-corrected chi connectivity index (χ1v) is 14.0. The SMILES string of the molecule is CCCCOC(=O)NC(Cc1ccccc1)[C@H](O)C(=O)N1CSC(C)(C)[C@H]1C(=O)NCc1ccccc1C. The summed E-state index contributed by atoms with van der Waals surface area (Å²) in [6, 6.07) is 15.4. The number of hydrogen-bond donors (Lipinski definition) is 3. The Bertz CT molecular complexity index is 1090. The summed E-state index contributed by atoms with van der Waals surface area (Å²) >= 11 is 1.48. The highest BCUT2D eigenvalue weighted by atomic mass is 32.2. The Labute approximate surface area is 229 Å². The third kappa shape index (κ3) is 7.74. The van der Waals surface area contributed by atoms with Crippen LogP contribution >= 0.6 is 11.8 Å². The van der Waals surface area contributed by atoms with Gasteiger partial charge in [0.05, 0.1) is 18.5 Å². The molecule has 2 aromatic rings. The highest BCUT2D eigenvalue weighted by Gasteiger charge is 2.49. The third-order valence-electron chi connectivity index (χ3n) is 6.76. The monoisotopic (exact) mass is 541 g/mol. The van der Waals surface area contributed by atoms with E-state index in [2.05, 4.69) is 10.6 Å². The zero-order chi connectivity index (χ0) is 27.7. The Hall–Kier alpha value is -3.04. The molecule has 3 amide bonds. The number of alkyl carbamates (subject to hydrolysis) is 1. The number of carbonyl (C=O) groups excluding carboxylic acids is 3. The summed E-state index contributed by atoms with van der Waals surface area (Å²) in [5, 5.41) is 16.9. The minimum atomic E-state index is -1.56. The minimum absolute atomic E-state index is 0.227. The molecule has 0 aromatic heterocycles. The topological polar surface area (TPSA) is 108 Å². The zero-order valence-corrected chi connectivity index (χ0v) is 23.4. The standard InChI is InChI=1S/C29H39N3O5S/c1-5-6-16-37-28(36)31-23(17-21-13-8-7-9-14-21)24(33)27(35)32-19-38-29(3,4)25(32)26(34)30-18-22-15-11-10-12-20(22)2/h7-15,23-25,33H,5-6,16-19H2,1-4H3,(H,30,34)(H,31,36)/t23?,24-,25+/m0/s1. The van der Waals surface area contributed by atoms with E-state index in [1.807, 2.05) is 82.3 Å². The number of nitrogens with zero attached hydrogens (tertiary/aromatic N) is 1. The van der Waals surface area contributed by atoms with Gasteiger partial charge in [0, 0.05) is 11.3 Å². The van der Waals surface area contributed by atoms with Gasteiger partial charge in [-0.1, -0.05) is 67.9 Å². The van der Waals surface area contributed by atoms with E-state index >= 15 is 0 Å². The van der Waals surface area contributed by atoms with Crippen molar-refractivity contribution in [3.05, 3.63) is 71.3 Å². The number of benzene rings is 2. The average molecular weight is 542 g/mol. The van der Waals surface area contributed by atoms with Gasteiger partial charge in [0.2, 0.25) is 5.91 Å². The molecule has 3 atom stereocenters. The number of nitrogens with one attached hydrogen (secondary N) is 2. The molecule has 0 spiro atoms. The number of rotatable bonds is 11. The maximum absolute atomic E-state index is 13.6. The van der Waals surface area contributed by atoms with E-state index < -0.39 is 34.9 Å². The molecule has 0 bridgehead atoms. The van der Waals surface area contributed by atoms with Crippen molar-refractivity contribution in [3.63, 3.8) is 0 Å². The van der Waals surface area contributed by atoms with Crippen LogP contribution in [0.15, 0.2) is 54.6 Å². The molecule has 9 heteroatoms. The maximum Gasteiger partial charge on any atom is 0.407 e. The van der Waals surface area contributed by atoms with Crippen molar-refractivity contribution in [2.75, 3.05) is 12.5 Å². The van der Waals surface area contributed by atoms with E-state index in [1.165, 1.54) is 16.7 Å². The molecule has 0 aliphatic carbocycles. The molecular weight excluding hydrogens is 502 g/mol. The Morgan fingerprint density at radius 3 is 2.50 bits per heavy atom. The molecule has 3 rings (SSSR count). The van der Waals surface area contributed by atoms with Crippen LogP contribution in [0.1, 0.15) is 50.3 Å². The molecule has 3 N–H and O–H groups in total. The molecule has 2 aromatic carbocycles. The molecule has 0 saturated carbocycles. The number of amides is 3. The molecule has 38 heavy (non-hydrogen) atoms. The predicted octanol–water partition coefficient (Wildman–Crippen LogP) is 3.79. The first kappa shape index (κ1) is 29.5. The number of aliphatic hydroxyl groups is 1. The summed E-state index contributed by atoms with van der Waals surface area (Å²) in [7, 11) is 0. The average Bonchev–Trinajstić information content (AvgIpc) is 3.22. The second kappa shape index (κ2) is 13.7. The number of carbonyl (C=O) groups is 3. The lowest BCUT2D eigenvalue weighted by atomic mass is 9.97. The molecule has 1 saturated heterocycles. The predicted molar refractivity (Wildman–Crippen MR) is 150 cm³/mol. The van der Waals surface area contributed by atoms with Gasteiger partial charge < -0.3 is 25.4 Å². The summed E-state index contributed by atoms with van der Waals surface area (Å²) < 4.78 is 4.66. The normalized spacial score (nSPS) is 17.9. The second-order valence-corrected chi connectivity index (χ2v) is 11.7. The lowest BCUT2D eigenvalue weighted by molar-refractivity contribution is -0.147. The molecule has 1 heterocycles. The number of unbranched alkanes of at least 4 members (excludes halogenated alkanes) is 1. The summed E-state index contributed by atoms with van der Waals surface area (Å²) in [5.41, 5.74) is 2.91. The van der Waals surface area contributed by atoms with Gasteiger partial charge in [-0.05, 0) is 50.3 Å². The quantitative estimate of drug-likeness (QED) is 0.374. The fourth-order valence-corrected chi connectivity index (χ4v) is 5.59. The number of thioether (sulfide) groups is 1. The smallest absolute Gasteiger partial charge is 0.407 e. The van der Waals surface area contributed by atoms with Gasteiger partial charge in [-0.2, -0.15) is 0 Å². The zero-order valence-electron chi connectivity index (χ0n) is 22.6. The first-order valence-electron chi connectivity index (χ1n) is 13.1. The molecule has 1 aliphatic heterocycles. The molecule has 1 aliphatic rings. The second-order valence-electron chi connectivity index (χ2n) is 10.1. The van der Waals surface area contributed by atoms with Crippen molar-refractivity contribution in [1.29, 1.82) is 0 Å². The van der Waals surface area contributed by atoms with Crippen LogP contribution in [0, 0.1) is 6.92 Å². The minimum Gasteiger partial charge on any atom is -0.450 e. The molecule has 206 valence electrons. The molecule has 0 radical (unpaired) electrons. The summed E-state index contributed by atoms with van der Waals surface area (Å²) in [4.78, 5) is 40.9. The van der Waals surface area contributed by atoms with Crippen molar-refractivity contribution in [2.45, 2.75) is 76.4 Å². The Balaban J connectivity index is 1.76.